The Morgan fingerprint density at radius 1 is 1.32 bits per heavy atom. The van der Waals surface area contributed by atoms with E-state index in [-0.39, 0.29) is 18.1 Å². The lowest BCUT2D eigenvalue weighted by Gasteiger charge is -2.24. The zero-order valence-electron chi connectivity index (χ0n) is 12.8. The van der Waals surface area contributed by atoms with Gasteiger partial charge in [0.1, 0.15) is 6.04 Å². The highest BCUT2D eigenvalue weighted by atomic mass is 16.5. The van der Waals surface area contributed by atoms with Crippen LogP contribution in [0.5, 0.6) is 0 Å². The van der Waals surface area contributed by atoms with Crippen molar-refractivity contribution in [2.75, 3.05) is 6.54 Å². The third-order valence-corrected chi connectivity index (χ3v) is 3.37. The highest BCUT2D eigenvalue weighted by Crippen LogP contribution is 2.18. The minimum Gasteiger partial charge on any atom is -0.462 e. The molecule has 0 aliphatic heterocycles. The summed E-state index contributed by atoms with van der Waals surface area (Å²) in [5, 5.41) is 3.42. The second kappa shape index (κ2) is 8.36. The van der Waals surface area contributed by atoms with Gasteiger partial charge in [-0.05, 0) is 57.9 Å². The van der Waals surface area contributed by atoms with Gasteiger partial charge in [0.15, 0.2) is 0 Å². The summed E-state index contributed by atoms with van der Waals surface area (Å²) in [6, 6.07) is -0.159. The molecule has 0 bridgehead atoms. The van der Waals surface area contributed by atoms with Crippen molar-refractivity contribution in [3.8, 4) is 0 Å². The summed E-state index contributed by atoms with van der Waals surface area (Å²) in [5.41, 5.74) is 0. The third-order valence-electron chi connectivity index (χ3n) is 3.37. The third kappa shape index (κ3) is 6.76. The molecule has 0 saturated carbocycles. The number of carbonyl (C=O) groups excluding carboxylic acids is 1. The predicted octanol–water partition coefficient (Wildman–Crippen LogP) is 3.30. The van der Waals surface area contributed by atoms with Crippen LogP contribution in [0.4, 0.5) is 0 Å². The van der Waals surface area contributed by atoms with Crippen molar-refractivity contribution in [2.45, 2.75) is 65.5 Å². The fraction of sp³-hybridized carbons (Fsp3) is 0.812. The van der Waals surface area contributed by atoms with Gasteiger partial charge in [-0.15, -0.1) is 0 Å². The van der Waals surface area contributed by atoms with E-state index < -0.39 is 0 Å². The van der Waals surface area contributed by atoms with Crippen LogP contribution < -0.4 is 5.32 Å². The van der Waals surface area contributed by atoms with Crippen molar-refractivity contribution in [1.29, 1.82) is 0 Å². The van der Waals surface area contributed by atoms with Gasteiger partial charge in [0.25, 0.3) is 0 Å². The summed E-state index contributed by atoms with van der Waals surface area (Å²) in [4.78, 5) is 12.1. The first kappa shape index (κ1) is 16.2. The number of rotatable bonds is 7. The van der Waals surface area contributed by atoms with Crippen LogP contribution in [0.3, 0.4) is 0 Å². The number of hydrogen-bond acceptors (Lipinski definition) is 3. The average Bonchev–Trinajstić information content (AvgIpc) is 2.34. The van der Waals surface area contributed by atoms with Crippen molar-refractivity contribution in [3.05, 3.63) is 12.2 Å². The lowest BCUT2D eigenvalue weighted by atomic mass is 9.93. The molecule has 110 valence electrons. The molecule has 1 N–H and O–H groups in total. The molecule has 1 rings (SSSR count). The minimum absolute atomic E-state index is 0.0402. The summed E-state index contributed by atoms with van der Waals surface area (Å²) >= 11 is 0. The molecular formula is C16H29NO2. The summed E-state index contributed by atoms with van der Waals surface area (Å²) in [6.07, 6.45) is 8.81. The van der Waals surface area contributed by atoms with Crippen molar-refractivity contribution in [1.82, 2.24) is 5.32 Å². The Morgan fingerprint density at radius 2 is 2.05 bits per heavy atom. The summed E-state index contributed by atoms with van der Waals surface area (Å²) in [6.45, 7) is 8.99. The maximum Gasteiger partial charge on any atom is 0.323 e. The van der Waals surface area contributed by atoms with E-state index in [1.54, 1.807) is 0 Å². The van der Waals surface area contributed by atoms with E-state index in [0.29, 0.717) is 11.8 Å². The lowest BCUT2D eigenvalue weighted by molar-refractivity contribution is -0.150. The smallest absolute Gasteiger partial charge is 0.323 e. The number of allylic oxidation sites excluding steroid dienone is 2. The van der Waals surface area contributed by atoms with Gasteiger partial charge in [-0.2, -0.15) is 0 Å². The number of carbonyl (C=O) groups is 1. The number of hydrogen-bond donors (Lipinski definition) is 1. The first-order chi connectivity index (χ1) is 8.99. The fourth-order valence-electron chi connectivity index (χ4n) is 2.40. The number of esters is 1. The van der Waals surface area contributed by atoms with E-state index in [1.807, 2.05) is 13.8 Å². The highest BCUT2D eigenvalue weighted by Gasteiger charge is 2.23. The molecule has 2 atom stereocenters. The van der Waals surface area contributed by atoms with Crippen LogP contribution in [-0.2, 0) is 9.53 Å². The normalized spacial score (nSPS) is 20.8. The first-order valence-electron chi connectivity index (χ1n) is 7.58. The molecule has 0 spiro atoms. The van der Waals surface area contributed by atoms with Crippen LogP contribution >= 0.6 is 0 Å². The maximum atomic E-state index is 12.1. The van der Waals surface area contributed by atoms with E-state index in [0.717, 1.165) is 25.8 Å². The molecule has 0 aromatic rings. The molecule has 0 fully saturated rings. The molecule has 3 nitrogen and oxygen atoms in total. The van der Waals surface area contributed by atoms with Crippen LogP contribution in [0.15, 0.2) is 12.2 Å². The molecule has 0 saturated heterocycles. The summed E-state index contributed by atoms with van der Waals surface area (Å²) < 4.78 is 5.34. The Labute approximate surface area is 117 Å². The van der Waals surface area contributed by atoms with E-state index in [9.17, 15) is 4.79 Å². The molecule has 0 amide bonds. The SMILES string of the molecule is CC(C)C[C@H](NCC1CC=CCC1)C(=O)OC(C)C. The van der Waals surface area contributed by atoms with Crippen molar-refractivity contribution in [2.24, 2.45) is 11.8 Å². The molecule has 0 aromatic carbocycles. The van der Waals surface area contributed by atoms with Crippen LogP contribution in [0.25, 0.3) is 0 Å². The Kier molecular flexibility index (Phi) is 7.14. The van der Waals surface area contributed by atoms with E-state index >= 15 is 0 Å². The Bertz CT molecular complexity index is 297. The van der Waals surface area contributed by atoms with Crippen LogP contribution in [0, 0.1) is 11.8 Å². The predicted molar refractivity (Wildman–Crippen MR) is 79.0 cm³/mol. The van der Waals surface area contributed by atoms with Crippen LogP contribution in [-0.4, -0.2) is 24.7 Å². The molecule has 3 heteroatoms. The topological polar surface area (TPSA) is 38.3 Å². The van der Waals surface area contributed by atoms with Crippen molar-refractivity contribution >= 4 is 5.97 Å². The highest BCUT2D eigenvalue weighted by molar-refractivity contribution is 5.75. The summed E-state index contributed by atoms with van der Waals surface area (Å²) in [7, 11) is 0. The minimum atomic E-state index is -0.159. The van der Waals surface area contributed by atoms with Gasteiger partial charge in [-0.3, -0.25) is 4.79 Å². The average molecular weight is 267 g/mol. The quantitative estimate of drug-likeness (QED) is 0.568. The van der Waals surface area contributed by atoms with Crippen LogP contribution in [0.2, 0.25) is 0 Å². The molecule has 1 unspecified atom stereocenters. The first-order valence-corrected chi connectivity index (χ1v) is 7.58. The monoisotopic (exact) mass is 267 g/mol. The second-order valence-electron chi connectivity index (χ2n) is 6.23. The Hall–Kier alpha value is -0.830. The van der Waals surface area contributed by atoms with Crippen molar-refractivity contribution in [3.63, 3.8) is 0 Å². The molecule has 1 aliphatic rings. The standard InChI is InChI=1S/C16H29NO2/c1-12(2)10-15(16(18)19-13(3)4)17-11-14-8-6-5-7-9-14/h5-6,12-15,17H,7-11H2,1-4H3/t14?,15-/m0/s1. The van der Waals surface area contributed by atoms with Gasteiger partial charge >= 0.3 is 5.97 Å². The molecule has 0 radical (unpaired) electrons. The second-order valence-corrected chi connectivity index (χ2v) is 6.23. The Balaban J connectivity index is 2.44. The Morgan fingerprint density at radius 3 is 2.58 bits per heavy atom. The molecule has 0 heterocycles. The lowest BCUT2D eigenvalue weighted by Crippen LogP contribution is -2.42. The van der Waals surface area contributed by atoms with Crippen molar-refractivity contribution < 1.29 is 9.53 Å². The zero-order valence-corrected chi connectivity index (χ0v) is 12.8. The summed E-state index contributed by atoms with van der Waals surface area (Å²) in [5.74, 6) is 1.05. The molecular weight excluding hydrogens is 238 g/mol. The van der Waals surface area contributed by atoms with Gasteiger partial charge in [0.05, 0.1) is 6.10 Å². The molecule has 19 heavy (non-hydrogen) atoms. The van der Waals surface area contributed by atoms with Gasteiger partial charge in [0, 0.05) is 0 Å². The number of ether oxygens (including phenoxy) is 1. The molecule has 1 aliphatic carbocycles. The molecule has 0 aromatic heterocycles. The number of nitrogens with one attached hydrogen (secondary N) is 1. The fourth-order valence-corrected chi connectivity index (χ4v) is 2.40. The van der Waals surface area contributed by atoms with Gasteiger partial charge in [0.2, 0.25) is 0 Å². The van der Waals surface area contributed by atoms with Gasteiger partial charge in [-0.25, -0.2) is 0 Å². The van der Waals surface area contributed by atoms with Gasteiger partial charge in [-0.1, -0.05) is 26.0 Å². The van der Waals surface area contributed by atoms with E-state index in [2.05, 4.69) is 31.3 Å². The zero-order chi connectivity index (χ0) is 14.3. The van der Waals surface area contributed by atoms with E-state index in [4.69, 9.17) is 4.74 Å². The largest absolute Gasteiger partial charge is 0.462 e. The maximum absolute atomic E-state index is 12.1. The van der Waals surface area contributed by atoms with Gasteiger partial charge < -0.3 is 10.1 Å². The van der Waals surface area contributed by atoms with Crippen LogP contribution in [0.1, 0.15) is 53.4 Å². The van der Waals surface area contributed by atoms with E-state index in [1.165, 1.54) is 6.42 Å².